The Morgan fingerprint density at radius 3 is 2.89 bits per heavy atom. The average molecular weight is 385 g/mol. The van der Waals surface area contributed by atoms with E-state index in [0.717, 1.165) is 5.39 Å². The first-order valence-electron chi connectivity index (χ1n) is 8.28. The molecule has 136 valence electrons. The Bertz CT molecular complexity index is 1050. The summed E-state index contributed by atoms with van der Waals surface area (Å²) in [4.78, 5) is 34.6. The molecule has 0 spiro atoms. The number of anilines is 2. The van der Waals surface area contributed by atoms with Gasteiger partial charge in [0.25, 0.3) is 0 Å². The van der Waals surface area contributed by atoms with E-state index in [-0.39, 0.29) is 29.8 Å². The predicted molar refractivity (Wildman–Crippen MR) is 100 cm³/mol. The van der Waals surface area contributed by atoms with Gasteiger partial charge in [-0.3, -0.25) is 14.6 Å². The van der Waals surface area contributed by atoms with Crippen LogP contribution in [0.15, 0.2) is 48.9 Å². The highest BCUT2D eigenvalue weighted by Crippen LogP contribution is 2.29. The van der Waals surface area contributed by atoms with E-state index in [9.17, 15) is 14.0 Å². The van der Waals surface area contributed by atoms with Crippen molar-refractivity contribution in [1.82, 2.24) is 9.97 Å². The van der Waals surface area contributed by atoms with Gasteiger partial charge in [0, 0.05) is 42.6 Å². The molecule has 4 rings (SSSR count). The van der Waals surface area contributed by atoms with E-state index in [2.05, 4.69) is 15.3 Å². The summed E-state index contributed by atoms with van der Waals surface area (Å²) >= 11 is 5.69. The molecule has 1 saturated heterocycles. The highest BCUT2D eigenvalue weighted by molar-refractivity contribution is 6.30. The first kappa shape index (κ1) is 17.4. The molecule has 0 aliphatic carbocycles. The maximum Gasteiger partial charge on any atom is 0.230 e. The van der Waals surface area contributed by atoms with E-state index >= 15 is 0 Å². The van der Waals surface area contributed by atoms with Crippen LogP contribution in [0.25, 0.3) is 10.8 Å². The van der Waals surface area contributed by atoms with Crippen molar-refractivity contribution >= 4 is 45.7 Å². The number of nitrogens with one attached hydrogen (secondary N) is 1. The number of aromatic nitrogens is 2. The molecule has 0 saturated carbocycles. The molecule has 6 nitrogen and oxygen atoms in total. The minimum Gasteiger partial charge on any atom is -0.311 e. The maximum atomic E-state index is 13.7. The monoisotopic (exact) mass is 384 g/mol. The number of amides is 2. The first-order chi connectivity index (χ1) is 13.0. The number of rotatable bonds is 3. The molecule has 8 heteroatoms. The van der Waals surface area contributed by atoms with E-state index in [1.165, 1.54) is 17.0 Å². The molecule has 1 aliphatic rings. The largest absolute Gasteiger partial charge is 0.311 e. The van der Waals surface area contributed by atoms with Gasteiger partial charge in [0.2, 0.25) is 11.8 Å². The number of carbonyl (C=O) groups is 2. The van der Waals surface area contributed by atoms with Gasteiger partial charge in [0.1, 0.15) is 11.6 Å². The van der Waals surface area contributed by atoms with Crippen molar-refractivity contribution in [2.24, 2.45) is 5.92 Å². The lowest BCUT2D eigenvalue weighted by molar-refractivity contribution is -0.122. The lowest BCUT2D eigenvalue weighted by Gasteiger charge is -2.17. The predicted octanol–water partition coefficient (Wildman–Crippen LogP) is 3.41. The van der Waals surface area contributed by atoms with Crippen LogP contribution < -0.4 is 10.2 Å². The molecule has 1 unspecified atom stereocenters. The van der Waals surface area contributed by atoms with Crippen LogP contribution in [0, 0.1) is 11.7 Å². The molecule has 1 atom stereocenters. The normalized spacial score (nSPS) is 16.7. The number of halogens is 2. The Morgan fingerprint density at radius 1 is 1.26 bits per heavy atom. The zero-order valence-corrected chi connectivity index (χ0v) is 14.8. The quantitative estimate of drug-likeness (QED) is 0.750. The van der Waals surface area contributed by atoms with Crippen molar-refractivity contribution in [2.45, 2.75) is 6.42 Å². The Balaban J connectivity index is 1.53. The van der Waals surface area contributed by atoms with Gasteiger partial charge in [-0.25, -0.2) is 9.37 Å². The fraction of sp³-hybridized carbons (Fsp3) is 0.158. The van der Waals surface area contributed by atoms with Crippen molar-refractivity contribution < 1.29 is 14.0 Å². The molecule has 1 N–H and O–H groups in total. The molecular weight excluding hydrogens is 371 g/mol. The minimum atomic E-state index is -0.609. The highest BCUT2D eigenvalue weighted by Gasteiger charge is 2.35. The molecule has 2 amide bonds. The van der Waals surface area contributed by atoms with Crippen LogP contribution in [-0.2, 0) is 9.59 Å². The lowest BCUT2D eigenvalue weighted by Crippen LogP contribution is -2.28. The maximum absolute atomic E-state index is 13.7. The Hall–Kier alpha value is -3.06. The van der Waals surface area contributed by atoms with E-state index in [4.69, 9.17) is 11.6 Å². The third kappa shape index (κ3) is 3.33. The van der Waals surface area contributed by atoms with Crippen LogP contribution in [0.2, 0.25) is 5.02 Å². The number of fused-ring (bicyclic) bond motifs is 1. The van der Waals surface area contributed by atoms with Crippen LogP contribution in [0.3, 0.4) is 0 Å². The van der Waals surface area contributed by atoms with Gasteiger partial charge in [-0.05, 0) is 35.7 Å². The molecule has 0 radical (unpaired) electrons. The summed E-state index contributed by atoms with van der Waals surface area (Å²) in [5.74, 6) is -1.34. The summed E-state index contributed by atoms with van der Waals surface area (Å²) in [5.41, 5.74) is 0.379. The van der Waals surface area contributed by atoms with Crippen LogP contribution in [0.1, 0.15) is 6.42 Å². The van der Waals surface area contributed by atoms with Gasteiger partial charge in [-0.1, -0.05) is 11.6 Å². The van der Waals surface area contributed by atoms with E-state index in [1.54, 1.807) is 24.7 Å². The summed E-state index contributed by atoms with van der Waals surface area (Å²) < 4.78 is 13.7. The summed E-state index contributed by atoms with van der Waals surface area (Å²) in [6, 6.07) is 7.78. The van der Waals surface area contributed by atoms with Gasteiger partial charge in [0.05, 0.1) is 10.9 Å². The molecule has 2 aromatic heterocycles. The molecule has 1 aliphatic heterocycles. The molecule has 1 fully saturated rings. The SMILES string of the molecule is O=C(Nc1nccc2ccncc12)C1CC(=O)N(c2ccc(Cl)c(F)c2)C1. The zero-order chi connectivity index (χ0) is 19.0. The summed E-state index contributed by atoms with van der Waals surface area (Å²) in [7, 11) is 0. The van der Waals surface area contributed by atoms with Crippen LogP contribution in [0.5, 0.6) is 0 Å². The Labute approximate surface area is 159 Å². The standard InChI is InChI=1S/C19H14ClFN4O2/c20-15-2-1-13(8-16(15)21)25-10-12(7-17(25)26)19(27)24-18-14-9-22-5-3-11(14)4-6-23-18/h1-6,8-9,12H,7,10H2,(H,23,24,27). The minimum absolute atomic E-state index is 0.0182. The average Bonchev–Trinajstić information content (AvgIpc) is 3.06. The lowest BCUT2D eigenvalue weighted by atomic mass is 10.1. The number of hydrogen-bond acceptors (Lipinski definition) is 4. The Morgan fingerprint density at radius 2 is 2.07 bits per heavy atom. The molecule has 1 aromatic carbocycles. The number of benzene rings is 1. The topological polar surface area (TPSA) is 75.2 Å². The van der Waals surface area contributed by atoms with E-state index < -0.39 is 11.7 Å². The zero-order valence-electron chi connectivity index (χ0n) is 14.0. The van der Waals surface area contributed by atoms with Crippen molar-refractivity contribution in [3.05, 3.63) is 59.8 Å². The summed E-state index contributed by atoms with van der Waals surface area (Å²) in [6.45, 7) is 0.161. The van der Waals surface area contributed by atoms with E-state index in [1.807, 2.05) is 12.1 Å². The second-order valence-corrected chi connectivity index (χ2v) is 6.66. The van der Waals surface area contributed by atoms with Gasteiger partial charge in [0.15, 0.2) is 0 Å². The third-order valence-corrected chi connectivity index (χ3v) is 4.83. The molecule has 27 heavy (non-hydrogen) atoms. The number of nitrogens with zero attached hydrogens (tertiary/aromatic N) is 3. The fourth-order valence-electron chi connectivity index (χ4n) is 3.11. The Kier molecular flexibility index (Phi) is 4.45. The summed E-state index contributed by atoms with van der Waals surface area (Å²) in [6.07, 6.45) is 4.92. The highest BCUT2D eigenvalue weighted by atomic mass is 35.5. The van der Waals surface area contributed by atoms with Crippen LogP contribution in [0.4, 0.5) is 15.9 Å². The van der Waals surface area contributed by atoms with Gasteiger partial charge in [-0.2, -0.15) is 0 Å². The van der Waals surface area contributed by atoms with Crippen molar-refractivity contribution in [3.8, 4) is 0 Å². The number of pyridine rings is 2. The van der Waals surface area contributed by atoms with Crippen LogP contribution in [-0.4, -0.2) is 28.3 Å². The second-order valence-electron chi connectivity index (χ2n) is 6.25. The molecular formula is C19H14ClFN4O2. The number of carbonyl (C=O) groups excluding carboxylic acids is 2. The molecule has 3 heterocycles. The van der Waals surface area contributed by atoms with Gasteiger partial charge in [-0.15, -0.1) is 0 Å². The van der Waals surface area contributed by atoms with E-state index in [0.29, 0.717) is 16.9 Å². The smallest absolute Gasteiger partial charge is 0.230 e. The van der Waals surface area contributed by atoms with Crippen molar-refractivity contribution in [1.29, 1.82) is 0 Å². The third-order valence-electron chi connectivity index (χ3n) is 4.52. The first-order valence-corrected chi connectivity index (χ1v) is 8.66. The van der Waals surface area contributed by atoms with Crippen molar-refractivity contribution in [3.63, 3.8) is 0 Å². The second kappa shape index (κ2) is 6.92. The van der Waals surface area contributed by atoms with Gasteiger partial charge < -0.3 is 10.2 Å². The van der Waals surface area contributed by atoms with Gasteiger partial charge >= 0.3 is 0 Å². The number of hydrogen-bond donors (Lipinski definition) is 1. The van der Waals surface area contributed by atoms with Crippen LogP contribution >= 0.6 is 11.6 Å². The fourth-order valence-corrected chi connectivity index (χ4v) is 3.23. The molecule has 3 aromatic rings. The molecule has 0 bridgehead atoms. The summed E-state index contributed by atoms with van der Waals surface area (Å²) in [5, 5.41) is 4.37. The van der Waals surface area contributed by atoms with Crippen molar-refractivity contribution in [2.75, 3.05) is 16.8 Å².